The van der Waals surface area contributed by atoms with Crippen LogP contribution in [-0.2, 0) is 14.3 Å². The number of rotatable bonds is 4. The number of carbonyl (C=O) groups is 2. The van der Waals surface area contributed by atoms with Gasteiger partial charge in [-0.1, -0.05) is 32.9 Å². The third-order valence-corrected chi connectivity index (χ3v) is 2.84. The lowest BCUT2D eigenvalue weighted by Crippen LogP contribution is -2.17. The number of hydrogen-bond donors (Lipinski definition) is 1. The number of benzene rings is 1. The minimum Gasteiger partial charge on any atom is -0.462 e. The standard InChI is InChI=1S/C15H18BrNO3/c1-15(2,3)10-20-14(19)9-8-13(18)17-12-7-5-4-6-11(12)16/h4-9H,10H2,1-3H3,(H,17,18)/b9-8+. The summed E-state index contributed by atoms with van der Waals surface area (Å²) in [7, 11) is 0. The third-order valence-electron chi connectivity index (χ3n) is 2.15. The topological polar surface area (TPSA) is 55.4 Å². The molecule has 0 spiro atoms. The van der Waals surface area contributed by atoms with E-state index in [0.717, 1.165) is 16.6 Å². The first-order valence-corrected chi connectivity index (χ1v) is 6.97. The number of amides is 1. The summed E-state index contributed by atoms with van der Waals surface area (Å²) in [6.07, 6.45) is 2.28. The highest BCUT2D eigenvalue weighted by Crippen LogP contribution is 2.21. The highest BCUT2D eigenvalue weighted by atomic mass is 79.9. The van der Waals surface area contributed by atoms with Gasteiger partial charge >= 0.3 is 5.97 Å². The average Bonchev–Trinajstić information content (AvgIpc) is 2.36. The van der Waals surface area contributed by atoms with Gasteiger partial charge < -0.3 is 10.1 Å². The van der Waals surface area contributed by atoms with Gasteiger partial charge in [-0.05, 0) is 33.5 Å². The lowest BCUT2D eigenvalue weighted by molar-refractivity contribution is -0.140. The van der Waals surface area contributed by atoms with E-state index in [1.54, 1.807) is 6.07 Å². The number of ether oxygens (including phenoxy) is 1. The zero-order chi connectivity index (χ0) is 15.2. The van der Waals surface area contributed by atoms with Crippen molar-refractivity contribution in [3.8, 4) is 0 Å². The predicted molar refractivity (Wildman–Crippen MR) is 82.3 cm³/mol. The number of para-hydroxylation sites is 1. The summed E-state index contributed by atoms with van der Waals surface area (Å²) in [5, 5.41) is 2.66. The minimum atomic E-state index is -0.526. The maximum absolute atomic E-state index is 11.6. The molecule has 0 aromatic heterocycles. The molecule has 0 unspecified atom stereocenters. The molecule has 0 heterocycles. The summed E-state index contributed by atoms with van der Waals surface area (Å²) in [6, 6.07) is 7.23. The molecular weight excluding hydrogens is 322 g/mol. The van der Waals surface area contributed by atoms with Gasteiger partial charge in [-0.15, -0.1) is 0 Å². The molecule has 1 aromatic rings. The van der Waals surface area contributed by atoms with Crippen molar-refractivity contribution in [1.29, 1.82) is 0 Å². The van der Waals surface area contributed by atoms with Crippen LogP contribution in [0.3, 0.4) is 0 Å². The quantitative estimate of drug-likeness (QED) is 0.674. The van der Waals surface area contributed by atoms with Crippen LogP contribution in [0.4, 0.5) is 5.69 Å². The molecule has 1 N–H and O–H groups in total. The van der Waals surface area contributed by atoms with Gasteiger partial charge in [0.15, 0.2) is 0 Å². The van der Waals surface area contributed by atoms with Crippen LogP contribution in [0.1, 0.15) is 20.8 Å². The molecule has 0 aliphatic heterocycles. The summed E-state index contributed by atoms with van der Waals surface area (Å²) in [4.78, 5) is 23.1. The Morgan fingerprint density at radius 3 is 2.50 bits per heavy atom. The molecule has 20 heavy (non-hydrogen) atoms. The van der Waals surface area contributed by atoms with E-state index in [1.807, 2.05) is 39.0 Å². The van der Waals surface area contributed by atoms with Crippen LogP contribution >= 0.6 is 15.9 Å². The SMILES string of the molecule is CC(C)(C)COC(=O)/C=C/C(=O)Nc1ccccc1Br. The summed E-state index contributed by atoms with van der Waals surface area (Å²) < 4.78 is 5.79. The fraction of sp³-hybridized carbons (Fsp3) is 0.333. The lowest BCUT2D eigenvalue weighted by atomic mass is 9.99. The second-order valence-corrected chi connectivity index (χ2v) is 6.33. The molecule has 0 bridgehead atoms. The van der Waals surface area contributed by atoms with E-state index in [2.05, 4.69) is 21.2 Å². The molecule has 0 radical (unpaired) electrons. The first-order valence-electron chi connectivity index (χ1n) is 6.18. The van der Waals surface area contributed by atoms with Crippen molar-refractivity contribution in [2.45, 2.75) is 20.8 Å². The molecule has 1 amide bonds. The van der Waals surface area contributed by atoms with Crippen molar-refractivity contribution in [2.75, 3.05) is 11.9 Å². The number of esters is 1. The van der Waals surface area contributed by atoms with E-state index in [9.17, 15) is 9.59 Å². The second kappa shape index (κ2) is 7.24. The van der Waals surface area contributed by atoms with Crippen LogP contribution in [0, 0.1) is 5.41 Å². The zero-order valence-corrected chi connectivity index (χ0v) is 13.4. The highest BCUT2D eigenvalue weighted by molar-refractivity contribution is 9.10. The Hall–Kier alpha value is -1.62. The van der Waals surface area contributed by atoms with Crippen LogP contribution in [0.2, 0.25) is 0 Å². The normalized spacial score (nSPS) is 11.4. The molecule has 4 nitrogen and oxygen atoms in total. The number of hydrogen-bond acceptors (Lipinski definition) is 3. The van der Waals surface area contributed by atoms with Crippen molar-refractivity contribution in [1.82, 2.24) is 0 Å². The van der Waals surface area contributed by atoms with E-state index in [0.29, 0.717) is 12.3 Å². The van der Waals surface area contributed by atoms with Crippen LogP contribution in [0.15, 0.2) is 40.9 Å². The molecule has 5 heteroatoms. The molecule has 0 atom stereocenters. The average molecular weight is 340 g/mol. The van der Waals surface area contributed by atoms with Crippen molar-refractivity contribution >= 4 is 33.5 Å². The number of anilines is 1. The first-order chi connectivity index (χ1) is 9.28. The van der Waals surface area contributed by atoms with Gasteiger partial charge in [-0.2, -0.15) is 0 Å². The summed E-state index contributed by atoms with van der Waals surface area (Å²) in [5.41, 5.74) is 0.547. The fourth-order valence-corrected chi connectivity index (χ4v) is 1.60. The molecule has 0 fully saturated rings. The maximum atomic E-state index is 11.6. The summed E-state index contributed by atoms with van der Waals surface area (Å²) >= 11 is 3.32. The maximum Gasteiger partial charge on any atom is 0.330 e. The van der Waals surface area contributed by atoms with E-state index >= 15 is 0 Å². The molecule has 108 valence electrons. The van der Waals surface area contributed by atoms with E-state index < -0.39 is 5.97 Å². The second-order valence-electron chi connectivity index (χ2n) is 5.47. The van der Waals surface area contributed by atoms with E-state index in [4.69, 9.17) is 4.74 Å². The van der Waals surface area contributed by atoms with Crippen molar-refractivity contribution in [2.24, 2.45) is 5.41 Å². The van der Waals surface area contributed by atoms with Crippen molar-refractivity contribution < 1.29 is 14.3 Å². The summed E-state index contributed by atoms with van der Waals surface area (Å²) in [5.74, 6) is -0.910. The zero-order valence-electron chi connectivity index (χ0n) is 11.8. The summed E-state index contributed by atoms with van der Waals surface area (Å²) in [6.45, 7) is 6.19. The Bertz CT molecular complexity index is 518. The smallest absolute Gasteiger partial charge is 0.330 e. The fourth-order valence-electron chi connectivity index (χ4n) is 1.22. The van der Waals surface area contributed by atoms with E-state index in [1.165, 1.54) is 0 Å². The Morgan fingerprint density at radius 1 is 1.25 bits per heavy atom. The Balaban J connectivity index is 2.48. The Kier molecular flexibility index (Phi) is 5.95. The van der Waals surface area contributed by atoms with Gasteiger partial charge in [0.1, 0.15) is 0 Å². The number of nitrogens with one attached hydrogen (secondary N) is 1. The number of halogens is 1. The molecule has 0 saturated heterocycles. The van der Waals surface area contributed by atoms with Gasteiger partial charge in [0.25, 0.3) is 0 Å². The van der Waals surface area contributed by atoms with Crippen molar-refractivity contribution in [3.63, 3.8) is 0 Å². The van der Waals surface area contributed by atoms with Crippen LogP contribution in [0.5, 0.6) is 0 Å². The van der Waals surface area contributed by atoms with E-state index in [-0.39, 0.29) is 11.3 Å². The minimum absolute atomic E-state index is 0.0966. The molecular formula is C15H18BrNO3. The molecule has 1 aromatic carbocycles. The van der Waals surface area contributed by atoms with Gasteiger partial charge in [0.05, 0.1) is 12.3 Å². The van der Waals surface area contributed by atoms with Gasteiger partial charge in [0, 0.05) is 16.6 Å². The first kappa shape index (κ1) is 16.4. The van der Waals surface area contributed by atoms with Gasteiger partial charge in [-0.3, -0.25) is 4.79 Å². The van der Waals surface area contributed by atoms with Crippen molar-refractivity contribution in [3.05, 3.63) is 40.9 Å². The van der Waals surface area contributed by atoms with Crippen LogP contribution in [0.25, 0.3) is 0 Å². The van der Waals surface area contributed by atoms with Crippen LogP contribution < -0.4 is 5.32 Å². The highest BCUT2D eigenvalue weighted by Gasteiger charge is 2.12. The van der Waals surface area contributed by atoms with Crippen LogP contribution in [-0.4, -0.2) is 18.5 Å². The molecule has 1 rings (SSSR count). The number of carbonyl (C=O) groups excluding carboxylic acids is 2. The van der Waals surface area contributed by atoms with Gasteiger partial charge in [0.2, 0.25) is 5.91 Å². The monoisotopic (exact) mass is 339 g/mol. The van der Waals surface area contributed by atoms with Gasteiger partial charge in [-0.25, -0.2) is 4.79 Å². The molecule has 0 aliphatic carbocycles. The Labute approximate surface area is 127 Å². The molecule has 0 aliphatic rings. The largest absolute Gasteiger partial charge is 0.462 e. The third kappa shape index (κ3) is 6.52. The predicted octanol–water partition coefficient (Wildman–Crippen LogP) is 3.53. The lowest BCUT2D eigenvalue weighted by Gasteiger charge is -2.16. The Morgan fingerprint density at radius 2 is 1.90 bits per heavy atom. The molecule has 0 saturated carbocycles.